The van der Waals surface area contributed by atoms with Gasteiger partial charge in [0, 0.05) is 6.61 Å². The zero-order valence-corrected chi connectivity index (χ0v) is 15.4. The molecule has 1 amide bonds. The van der Waals surface area contributed by atoms with Crippen LogP contribution in [0.2, 0.25) is 0 Å². The van der Waals surface area contributed by atoms with Crippen molar-refractivity contribution < 1.29 is 24.2 Å². The van der Waals surface area contributed by atoms with E-state index in [1.165, 1.54) is 7.11 Å². The summed E-state index contributed by atoms with van der Waals surface area (Å²) in [6.07, 6.45) is 1.91. The molecule has 0 unspecified atom stereocenters. The van der Waals surface area contributed by atoms with Gasteiger partial charge in [-0.2, -0.15) is 0 Å². The number of benzene rings is 1. The van der Waals surface area contributed by atoms with Crippen molar-refractivity contribution >= 4 is 17.6 Å². The van der Waals surface area contributed by atoms with Gasteiger partial charge in [0.15, 0.2) is 0 Å². The lowest BCUT2D eigenvalue weighted by atomic mass is 9.75. The Labute approximate surface area is 153 Å². The Morgan fingerprint density at radius 3 is 2.62 bits per heavy atom. The summed E-state index contributed by atoms with van der Waals surface area (Å²) in [5.41, 5.74) is 2.41. The van der Waals surface area contributed by atoms with E-state index >= 15 is 0 Å². The van der Waals surface area contributed by atoms with E-state index in [-0.39, 0.29) is 18.4 Å². The number of ether oxygens (including phenoxy) is 2. The van der Waals surface area contributed by atoms with Crippen molar-refractivity contribution in [1.29, 1.82) is 0 Å². The highest BCUT2D eigenvalue weighted by molar-refractivity contribution is 6.23. The number of carbonyl (C=O) groups excluding carboxylic acids is 2. The molecule has 1 heterocycles. The van der Waals surface area contributed by atoms with Gasteiger partial charge >= 0.3 is 6.16 Å². The van der Waals surface area contributed by atoms with E-state index in [0.29, 0.717) is 24.2 Å². The molecule has 1 saturated carbocycles. The molecule has 140 valence electrons. The molecule has 1 aromatic carbocycles. The summed E-state index contributed by atoms with van der Waals surface area (Å²) in [6.45, 7) is 4.02. The van der Waals surface area contributed by atoms with E-state index in [1.54, 1.807) is 0 Å². The molecule has 0 radical (unpaired) electrons. The van der Waals surface area contributed by atoms with Gasteiger partial charge in [-0.05, 0) is 56.6 Å². The van der Waals surface area contributed by atoms with Crippen LogP contribution in [0.3, 0.4) is 0 Å². The fourth-order valence-electron chi connectivity index (χ4n) is 3.91. The van der Waals surface area contributed by atoms with E-state index in [2.05, 4.69) is 10.1 Å². The van der Waals surface area contributed by atoms with Crippen molar-refractivity contribution in [2.75, 3.05) is 13.7 Å². The van der Waals surface area contributed by atoms with Crippen LogP contribution in [0.15, 0.2) is 24.0 Å². The van der Waals surface area contributed by atoms with Gasteiger partial charge in [-0.1, -0.05) is 23.8 Å². The summed E-state index contributed by atoms with van der Waals surface area (Å²) in [6, 6.07) is 5.87. The number of hydrogen-bond donors (Lipinski definition) is 2. The standard InChI is InChI=1S/C20H25NO5/c1-12-4-5-13(2)15(10-12)16-17(26-19(24)25-3)20(21-18(16)23)8-6-14(11-22)7-9-20/h4-5,10,14,22H,6-9,11H2,1-3H3,(H,21,23). The fourth-order valence-corrected chi connectivity index (χ4v) is 3.91. The quantitative estimate of drug-likeness (QED) is 0.811. The molecule has 1 fully saturated rings. The summed E-state index contributed by atoms with van der Waals surface area (Å²) in [4.78, 5) is 24.8. The molecule has 6 nitrogen and oxygen atoms in total. The van der Waals surface area contributed by atoms with E-state index in [0.717, 1.165) is 29.5 Å². The largest absolute Gasteiger partial charge is 0.513 e. The number of aliphatic hydroxyl groups is 1. The van der Waals surface area contributed by atoms with Crippen molar-refractivity contribution in [2.45, 2.75) is 45.1 Å². The summed E-state index contributed by atoms with van der Waals surface area (Å²) in [5, 5.41) is 12.5. The van der Waals surface area contributed by atoms with E-state index < -0.39 is 11.7 Å². The lowest BCUT2D eigenvalue weighted by Crippen LogP contribution is -2.48. The van der Waals surface area contributed by atoms with Gasteiger partial charge in [0.05, 0.1) is 18.2 Å². The maximum atomic E-state index is 12.9. The first kappa shape index (κ1) is 18.5. The Kier molecular flexibility index (Phi) is 5.05. The topological polar surface area (TPSA) is 84.9 Å². The monoisotopic (exact) mass is 359 g/mol. The maximum Gasteiger partial charge on any atom is 0.513 e. The number of aryl methyl sites for hydroxylation is 2. The van der Waals surface area contributed by atoms with Gasteiger partial charge in [0.25, 0.3) is 5.91 Å². The van der Waals surface area contributed by atoms with Gasteiger partial charge in [-0.3, -0.25) is 4.79 Å². The third-order valence-electron chi connectivity index (χ3n) is 5.47. The van der Waals surface area contributed by atoms with Crippen LogP contribution in [0.5, 0.6) is 0 Å². The smallest absolute Gasteiger partial charge is 0.437 e. The van der Waals surface area contributed by atoms with Gasteiger partial charge in [-0.25, -0.2) is 4.79 Å². The second-order valence-corrected chi connectivity index (χ2v) is 7.24. The summed E-state index contributed by atoms with van der Waals surface area (Å²) < 4.78 is 10.2. The molecule has 2 aliphatic rings. The summed E-state index contributed by atoms with van der Waals surface area (Å²) >= 11 is 0. The lowest BCUT2D eigenvalue weighted by Gasteiger charge is -2.37. The van der Waals surface area contributed by atoms with Crippen molar-refractivity contribution in [3.63, 3.8) is 0 Å². The van der Waals surface area contributed by atoms with Crippen LogP contribution in [0.1, 0.15) is 42.4 Å². The van der Waals surface area contributed by atoms with Gasteiger partial charge in [-0.15, -0.1) is 0 Å². The zero-order chi connectivity index (χ0) is 18.9. The Morgan fingerprint density at radius 2 is 2.00 bits per heavy atom. The minimum absolute atomic E-state index is 0.130. The third kappa shape index (κ3) is 3.21. The minimum Gasteiger partial charge on any atom is -0.437 e. The highest BCUT2D eigenvalue weighted by atomic mass is 16.7. The Bertz CT molecular complexity index is 759. The molecular formula is C20H25NO5. The molecule has 6 heteroatoms. The van der Waals surface area contributed by atoms with Gasteiger partial charge < -0.3 is 19.9 Å². The van der Waals surface area contributed by atoms with Crippen LogP contribution < -0.4 is 5.32 Å². The van der Waals surface area contributed by atoms with Crippen molar-refractivity contribution in [2.24, 2.45) is 5.92 Å². The molecule has 1 aliphatic carbocycles. The molecule has 1 aromatic rings. The molecule has 2 N–H and O–H groups in total. The number of aliphatic hydroxyl groups excluding tert-OH is 1. The van der Waals surface area contributed by atoms with Crippen LogP contribution in [0, 0.1) is 19.8 Å². The number of rotatable bonds is 3. The van der Waals surface area contributed by atoms with E-state index in [1.807, 2.05) is 32.0 Å². The van der Waals surface area contributed by atoms with Crippen LogP contribution >= 0.6 is 0 Å². The second-order valence-electron chi connectivity index (χ2n) is 7.24. The van der Waals surface area contributed by atoms with Crippen molar-refractivity contribution in [3.05, 3.63) is 40.6 Å². The highest BCUT2D eigenvalue weighted by Crippen LogP contribution is 2.45. The van der Waals surface area contributed by atoms with E-state index in [9.17, 15) is 14.7 Å². The average molecular weight is 359 g/mol. The van der Waals surface area contributed by atoms with Crippen LogP contribution in [0.25, 0.3) is 5.57 Å². The summed E-state index contributed by atoms with van der Waals surface area (Å²) in [5.74, 6) is 0.321. The van der Waals surface area contributed by atoms with Gasteiger partial charge in [0.2, 0.25) is 0 Å². The van der Waals surface area contributed by atoms with Crippen LogP contribution in [0.4, 0.5) is 4.79 Å². The molecule has 0 bridgehead atoms. The number of carbonyl (C=O) groups is 2. The second kappa shape index (κ2) is 7.11. The Balaban J connectivity index is 2.10. The number of methoxy groups -OCH3 is 1. The zero-order valence-electron chi connectivity index (χ0n) is 15.4. The molecule has 3 rings (SSSR count). The SMILES string of the molecule is COC(=O)OC1=C(c2cc(C)ccc2C)C(=O)NC12CCC(CO)CC2. The first-order chi connectivity index (χ1) is 12.4. The van der Waals surface area contributed by atoms with Crippen LogP contribution in [-0.2, 0) is 14.3 Å². The molecule has 1 aliphatic heterocycles. The first-order valence-corrected chi connectivity index (χ1v) is 8.91. The fraction of sp³-hybridized carbons (Fsp3) is 0.500. The highest BCUT2D eigenvalue weighted by Gasteiger charge is 2.50. The first-order valence-electron chi connectivity index (χ1n) is 8.91. The Morgan fingerprint density at radius 1 is 1.31 bits per heavy atom. The molecule has 0 aromatic heterocycles. The van der Waals surface area contributed by atoms with Gasteiger partial charge in [0.1, 0.15) is 5.76 Å². The van der Waals surface area contributed by atoms with Crippen molar-refractivity contribution in [1.82, 2.24) is 5.32 Å². The molecule has 26 heavy (non-hydrogen) atoms. The lowest BCUT2D eigenvalue weighted by molar-refractivity contribution is -0.116. The predicted octanol–water partition coefficient (Wildman–Crippen LogP) is 2.85. The molecular weight excluding hydrogens is 334 g/mol. The minimum atomic E-state index is -0.831. The Hall–Kier alpha value is -2.34. The van der Waals surface area contributed by atoms with Crippen LogP contribution in [-0.4, -0.2) is 36.4 Å². The van der Waals surface area contributed by atoms with E-state index in [4.69, 9.17) is 4.74 Å². The predicted molar refractivity (Wildman–Crippen MR) is 96.2 cm³/mol. The van der Waals surface area contributed by atoms with Crippen molar-refractivity contribution in [3.8, 4) is 0 Å². The number of amides is 1. The normalized spacial score (nSPS) is 25.4. The molecule has 0 atom stereocenters. The average Bonchev–Trinajstić information content (AvgIpc) is 2.89. The molecule has 0 saturated heterocycles. The maximum absolute atomic E-state index is 12.9. The summed E-state index contributed by atoms with van der Waals surface area (Å²) in [7, 11) is 1.25. The number of nitrogens with one attached hydrogen (secondary N) is 1. The molecule has 1 spiro atoms. The number of hydrogen-bond acceptors (Lipinski definition) is 5. The third-order valence-corrected chi connectivity index (χ3v) is 5.47.